The molecule has 43 heavy (non-hydrogen) atoms. The lowest BCUT2D eigenvalue weighted by Crippen LogP contribution is -2.56. The number of hydrogen-bond acceptors (Lipinski definition) is 8. The van der Waals surface area contributed by atoms with Gasteiger partial charge in [-0.25, -0.2) is 4.52 Å². The third-order valence-corrected chi connectivity index (χ3v) is 9.39. The number of rotatable bonds is 5. The molecule has 0 bridgehead atoms. The fourth-order valence-electron chi connectivity index (χ4n) is 6.51. The second kappa shape index (κ2) is 11.4. The molecule has 1 amide bonds. The molecule has 3 aliphatic heterocycles. The summed E-state index contributed by atoms with van der Waals surface area (Å²) in [4.78, 5) is 22.1. The molecule has 0 aliphatic carbocycles. The Hall–Kier alpha value is -3.70. The number of anilines is 3. The minimum atomic E-state index is -0.877. The smallest absolute Gasteiger partial charge is 0.253 e. The molecule has 7 rings (SSSR count). The van der Waals surface area contributed by atoms with Crippen LogP contribution in [0.15, 0.2) is 66.9 Å². The number of halogens is 1. The van der Waals surface area contributed by atoms with E-state index in [4.69, 9.17) is 21.3 Å². The van der Waals surface area contributed by atoms with E-state index in [0.717, 1.165) is 55.1 Å². The number of nitrogens with zero attached hydrogens (tertiary/aromatic N) is 5. The lowest BCUT2D eigenvalue weighted by Gasteiger charge is -2.44. The zero-order valence-electron chi connectivity index (χ0n) is 24.0. The van der Waals surface area contributed by atoms with Gasteiger partial charge >= 0.3 is 0 Å². The molecule has 0 atom stereocenters. The number of hydrogen-bond donors (Lipinski definition) is 3. The number of carbonyl (C=O) groups is 1. The van der Waals surface area contributed by atoms with E-state index in [2.05, 4.69) is 20.6 Å². The molecular weight excluding hydrogens is 566 g/mol. The molecule has 2 aromatic heterocycles. The summed E-state index contributed by atoms with van der Waals surface area (Å²) >= 11 is 6.05. The van der Waals surface area contributed by atoms with Crippen molar-refractivity contribution in [3.8, 4) is 0 Å². The van der Waals surface area contributed by atoms with Crippen molar-refractivity contribution < 1.29 is 14.6 Å². The van der Waals surface area contributed by atoms with Crippen LogP contribution in [0.5, 0.6) is 0 Å². The Labute approximate surface area is 255 Å². The van der Waals surface area contributed by atoms with Crippen LogP contribution >= 0.6 is 11.6 Å². The summed E-state index contributed by atoms with van der Waals surface area (Å²) in [7, 11) is 0. The summed E-state index contributed by atoms with van der Waals surface area (Å²) < 4.78 is 7.83. The van der Waals surface area contributed by atoms with Gasteiger partial charge in [0.2, 0.25) is 5.95 Å². The quantitative estimate of drug-likeness (QED) is 0.312. The van der Waals surface area contributed by atoms with Crippen molar-refractivity contribution in [2.24, 2.45) is 0 Å². The maximum Gasteiger partial charge on any atom is 0.253 e. The van der Waals surface area contributed by atoms with E-state index in [1.54, 1.807) is 4.52 Å². The molecule has 3 aliphatic rings. The van der Waals surface area contributed by atoms with Crippen LogP contribution in [0, 0.1) is 0 Å². The molecule has 4 aromatic rings. The molecule has 3 saturated heterocycles. The first kappa shape index (κ1) is 28.1. The average molecular weight is 602 g/mol. The van der Waals surface area contributed by atoms with Gasteiger partial charge in [0, 0.05) is 61.7 Å². The van der Waals surface area contributed by atoms with Gasteiger partial charge in [0.1, 0.15) is 0 Å². The fourth-order valence-corrected chi connectivity index (χ4v) is 6.64. The van der Waals surface area contributed by atoms with Gasteiger partial charge in [0.05, 0.1) is 23.5 Å². The Morgan fingerprint density at radius 1 is 0.977 bits per heavy atom. The van der Waals surface area contributed by atoms with Crippen LogP contribution < -0.4 is 15.5 Å². The van der Waals surface area contributed by atoms with E-state index >= 15 is 0 Å². The van der Waals surface area contributed by atoms with E-state index < -0.39 is 5.60 Å². The third kappa shape index (κ3) is 5.68. The van der Waals surface area contributed by atoms with Crippen molar-refractivity contribution in [3.63, 3.8) is 0 Å². The van der Waals surface area contributed by atoms with Crippen molar-refractivity contribution in [2.45, 2.75) is 36.9 Å². The normalized spacial score (nSPS) is 20.0. The van der Waals surface area contributed by atoms with Crippen molar-refractivity contribution in [1.29, 1.82) is 0 Å². The number of likely N-dealkylation sites (tertiary alicyclic amines) is 1. The minimum absolute atomic E-state index is 0.0464. The van der Waals surface area contributed by atoms with Crippen LogP contribution in [0.3, 0.4) is 0 Å². The maximum absolute atomic E-state index is 13.2. The van der Waals surface area contributed by atoms with Crippen LogP contribution in [0.25, 0.3) is 5.65 Å². The minimum Gasteiger partial charge on any atom is -0.385 e. The Kier molecular flexibility index (Phi) is 7.46. The summed E-state index contributed by atoms with van der Waals surface area (Å²) in [5, 5.41) is 23.3. The van der Waals surface area contributed by atoms with Crippen LogP contribution in [0.4, 0.5) is 17.3 Å². The van der Waals surface area contributed by atoms with Gasteiger partial charge < -0.3 is 30.3 Å². The number of benzene rings is 2. The van der Waals surface area contributed by atoms with Gasteiger partial charge in [-0.2, -0.15) is 4.98 Å². The molecule has 2 aromatic carbocycles. The summed E-state index contributed by atoms with van der Waals surface area (Å²) in [6, 6.07) is 19.0. The van der Waals surface area contributed by atoms with Crippen LogP contribution in [0.1, 0.15) is 41.6 Å². The molecule has 11 heteroatoms. The Balaban J connectivity index is 0.996. The Bertz CT molecular complexity index is 1580. The Morgan fingerprint density at radius 3 is 2.42 bits per heavy atom. The summed E-state index contributed by atoms with van der Waals surface area (Å²) in [6.45, 7) is 5.26. The van der Waals surface area contributed by atoms with E-state index in [-0.39, 0.29) is 11.5 Å². The van der Waals surface area contributed by atoms with Gasteiger partial charge in [-0.15, -0.1) is 5.10 Å². The highest BCUT2D eigenvalue weighted by Gasteiger charge is 2.38. The first-order valence-electron chi connectivity index (χ1n) is 15.0. The van der Waals surface area contributed by atoms with Crippen LogP contribution in [-0.4, -0.2) is 82.0 Å². The Morgan fingerprint density at radius 2 is 1.72 bits per heavy atom. The maximum atomic E-state index is 13.2. The molecule has 224 valence electrons. The SMILES string of the molecule is O=C(c1ccc(Nc2nc3c(N4CCC(O)(c5ccc(Cl)cc5)CC4)cccn3n2)cc1)N1CCC2(CC1)CNCCO2. The number of nitrogens with one attached hydrogen (secondary N) is 2. The number of aromatic nitrogens is 3. The molecule has 5 heterocycles. The number of carbonyl (C=O) groups excluding carboxylic acids is 1. The van der Waals surface area contributed by atoms with E-state index in [1.807, 2.05) is 71.8 Å². The van der Waals surface area contributed by atoms with Crippen LogP contribution in [-0.2, 0) is 10.3 Å². The van der Waals surface area contributed by atoms with Crippen molar-refractivity contribution in [3.05, 3.63) is 83.0 Å². The molecular formula is C32H36ClN7O3. The highest BCUT2D eigenvalue weighted by Crippen LogP contribution is 2.36. The van der Waals surface area contributed by atoms with Gasteiger partial charge in [0.15, 0.2) is 5.65 Å². The monoisotopic (exact) mass is 601 g/mol. The first-order valence-corrected chi connectivity index (χ1v) is 15.4. The standard InChI is InChI=1S/C32H36ClN7O3/c33-25-7-5-24(6-8-25)32(42)13-19-38(20-14-32)27-2-1-16-40-28(27)36-30(37-40)35-26-9-3-23(4-10-26)29(41)39-17-11-31(12-18-39)22-34-15-21-43-31/h1-10,16,34,42H,11-15,17-22H2,(H,35,37). The van der Waals surface area contributed by atoms with Crippen molar-refractivity contribution in [1.82, 2.24) is 24.8 Å². The highest BCUT2D eigenvalue weighted by atomic mass is 35.5. The highest BCUT2D eigenvalue weighted by molar-refractivity contribution is 6.30. The van der Waals surface area contributed by atoms with E-state index in [9.17, 15) is 9.90 Å². The second-order valence-corrected chi connectivity index (χ2v) is 12.3. The molecule has 3 fully saturated rings. The zero-order chi connectivity index (χ0) is 29.4. The van der Waals surface area contributed by atoms with Crippen molar-refractivity contribution >= 4 is 40.5 Å². The molecule has 0 saturated carbocycles. The average Bonchev–Trinajstić information content (AvgIpc) is 3.45. The van der Waals surface area contributed by atoms with Gasteiger partial charge in [-0.3, -0.25) is 4.79 Å². The predicted molar refractivity (Wildman–Crippen MR) is 166 cm³/mol. The largest absolute Gasteiger partial charge is 0.385 e. The molecule has 0 unspecified atom stereocenters. The van der Waals surface area contributed by atoms with E-state index in [1.165, 1.54) is 0 Å². The molecule has 3 N–H and O–H groups in total. The predicted octanol–water partition coefficient (Wildman–Crippen LogP) is 4.21. The third-order valence-electron chi connectivity index (χ3n) is 9.14. The topological polar surface area (TPSA) is 107 Å². The molecule has 1 spiro atoms. The number of aliphatic hydroxyl groups is 1. The van der Waals surface area contributed by atoms with Gasteiger partial charge in [0.25, 0.3) is 5.91 Å². The van der Waals surface area contributed by atoms with Crippen molar-refractivity contribution in [2.75, 3.05) is 56.1 Å². The number of ether oxygens (including phenoxy) is 1. The number of piperidine rings is 2. The summed E-state index contributed by atoms with van der Waals surface area (Å²) in [5.41, 5.74) is 3.08. The van der Waals surface area contributed by atoms with Crippen LogP contribution in [0.2, 0.25) is 5.02 Å². The van der Waals surface area contributed by atoms with Gasteiger partial charge in [-0.1, -0.05) is 23.7 Å². The first-order chi connectivity index (χ1) is 20.9. The lowest BCUT2D eigenvalue weighted by atomic mass is 9.84. The zero-order valence-corrected chi connectivity index (χ0v) is 24.8. The summed E-state index contributed by atoms with van der Waals surface area (Å²) in [5.74, 6) is 0.522. The second-order valence-electron chi connectivity index (χ2n) is 11.8. The number of fused-ring (bicyclic) bond motifs is 1. The number of morpholine rings is 1. The molecule has 0 radical (unpaired) electrons. The van der Waals surface area contributed by atoms with E-state index in [0.29, 0.717) is 55.6 Å². The molecule has 10 nitrogen and oxygen atoms in total. The number of amides is 1. The number of pyridine rings is 1. The van der Waals surface area contributed by atoms with Gasteiger partial charge in [-0.05, 0) is 79.8 Å². The lowest BCUT2D eigenvalue weighted by molar-refractivity contribution is -0.0954. The fraction of sp³-hybridized carbons (Fsp3) is 0.406. The summed E-state index contributed by atoms with van der Waals surface area (Å²) in [6.07, 6.45) is 4.79.